The Bertz CT molecular complexity index is 883. The largest absolute Gasteiger partial charge is 0.355 e. The van der Waals surface area contributed by atoms with Gasteiger partial charge in [0.25, 0.3) is 5.91 Å². The number of para-hydroxylation sites is 2. The van der Waals surface area contributed by atoms with Crippen LogP contribution in [0.2, 0.25) is 5.02 Å². The smallest absolute Gasteiger partial charge is 0.255 e. The molecule has 7 heteroatoms. The van der Waals surface area contributed by atoms with Gasteiger partial charge in [0.15, 0.2) is 0 Å². The first-order valence-corrected chi connectivity index (χ1v) is 9.55. The van der Waals surface area contributed by atoms with E-state index in [9.17, 15) is 14.4 Å². The van der Waals surface area contributed by atoms with Crippen molar-refractivity contribution in [3.8, 4) is 0 Å². The van der Waals surface area contributed by atoms with E-state index in [1.807, 2.05) is 6.92 Å². The van der Waals surface area contributed by atoms with Crippen molar-refractivity contribution in [3.05, 3.63) is 59.1 Å². The number of nitrogens with one attached hydrogen (secondary N) is 3. The molecule has 1 aliphatic rings. The van der Waals surface area contributed by atoms with E-state index in [4.69, 9.17) is 11.6 Å². The molecule has 28 heavy (non-hydrogen) atoms. The van der Waals surface area contributed by atoms with E-state index in [0.717, 1.165) is 6.42 Å². The zero-order chi connectivity index (χ0) is 20.1. The highest BCUT2D eigenvalue weighted by molar-refractivity contribution is 6.30. The molecule has 0 saturated heterocycles. The Kier molecular flexibility index (Phi) is 6.31. The summed E-state index contributed by atoms with van der Waals surface area (Å²) in [6.45, 7) is 2.32. The first kappa shape index (κ1) is 19.9. The average molecular weight is 400 g/mol. The lowest BCUT2D eigenvalue weighted by Gasteiger charge is -2.12. The second-order valence-electron chi connectivity index (χ2n) is 6.92. The highest BCUT2D eigenvalue weighted by Gasteiger charge is 2.38. The molecule has 3 amide bonds. The third kappa shape index (κ3) is 5.33. The number of rotatable bonds is 7. The van der Waals surface area contributed by atoms with Crippen molar-refractivity contribution in [2.24, 2.45) is 11.8 Å². The molecule has 2 atom stereocenters. The van der Waals surface area contributed by atoms with Gasteiger partial charge in [-0.3, -0.25) is 14.4 Å². The Morgan fingerprint density at radius 2 is 1.61 bits per heavy atom. The van der Waals surface area contributed by atoms with Crippen LogP contribution in [0.5, 0.6) is 0 Å². The van der Waals surface area contributed by atoms with Crippen LogP contribution in [0.15, 0.2) is 48.5 Å². The Labute approximate surface area is 168 Å². The summed E-state index contributed by atoms with van der Waals surface area (Å²) in [5.41, 5.74) is 1.45. The summed E-state index contributed by atoms with van der Waals surface area (Å²) >= 11 is 5.84. The maximum absolute atomic E-state index is 12.4. The molecule has 0 heterocycles. The Balaban J connectivity index is 1.54. The Hall–Kier alpha value is -2.86. The van der Waals surface area contributed by atoms with Crippen molar-refractivity contribution >= 4 is 40.7 Å². The van der Waals surface area contributed by atoms with Crippen LogP contribution in [0.1, 0.15) is 30.1 Å². The number of halogens is 1. The summed E-state index contributed by atoms with van der Waals surface area (Å²) in [7, 11) is 0. The van der Waals surface area contributed by atoms with Gasteiger partial charge in [0.05, 0.1) is 11.4 Å². The number of anilines is 2. The molecule has 3 N–H and O–H groups in total. The minimum atomic E-state index is -0.302. The number of amides is 3. The van der Waals surface area contributed by atoms with Crippen LogP contribution in [0.25, 0.3) is 0 Å². The molecule has 0 bridgehead atoms. The van der Waals surface area contributed by atoms with Crippen LogP contribution in [-0.4, -0.2) is 24.3 Å². The normalized spacial score (nSPS) is 17.5. The summed E-state index contributed by atoms with van der Waals surface area (Å²) in [4.78, 5) is 36.4. The molecular formula is C21H22ClN3O3. The van der Waals surface area contributed by atoms with Gasteiger partial charge in [-0.15, -0.1) is 0 Å². The first-order chi connectivity index (χ1) is 13.4. The molecule has 1 saturated carbocycles. The van der Waals surface area contributed by atoms with E-state index < -0.39 is 0 Å². The van der Waals surface area contributed by atoms with Crippen molar-refractivity contribution in [2.45, 2.75) is 19.8 Å². The van der Waals surface area contributed by atoms with E-state index in [1.54, 1.807) is 48.5 Å². The number of hydrogen-bond acceptors (Lipinski definition) is 3. The van der Waals surface area contributed by atoms with Crippen LogP contribution in [0.4, 0.5) is 11.4 Å². The zero-order valence-electron chi connectivity index (χ0n) is 15.5. The fourth-order valence-electron chi connectivity index (χ4n) is 2.83. The highest BCUT2D eigenvalue weighted by atomic mass is 35.5. The summed E-state index contributed by atoms with van der Waals surface area (Å²) in [6, 6.07) is 13.5. The summed E-state index contributed by atoms with van der Waals surface area (Å²) in [6.07, 6.45) is 1.07. The first-order valence-electron chi connectivity index (χ1n) is 9.17. The van der Waals surface area contributed by atoms with Gasteiger partial charge in [-0.1, -0.05) is 30.7 Å². The number of hydrogen-bond donors (Lipinski definition) is 3. The van der Waals surface area contributed by atoms with Gasteiger partial charge in [-0.05, 0) is 48.7 Å². The predicted molar refractivity (Wildman–Crippen MR) is 109 cm³/mol. The van der Waals surface area contributed by atoms with Crippen LogP contribution < -0.4 is 16.0 Å². The lowest BCUT2D eigenvalue weighted by molar-refractivity contribution is -0.122. The van der Waals surface area contributed by atoms with Gasteiger partial charge in [-0.25, -0.2) is 0 Å². The van der Waals surface area contributed by atoms with E-state index in [0.29, 0.717) is 27.9 Å². The molecule has 0 unspecified atom stereocenters. The minimum Gasteiger partial charge on any atom is -0.355 e. The second kappa shape index (κ2) is 8.89. The molecule has 1 fully saturated rings. The predicted octanol–water partition coefficient (Wildman–Crippen LogP) is 3.69. The quantitative estimate of drug-likeness (QED) is 0.663. The van der Waals surface area contributed by atoms with Gasteiger partial charge in [0, 0.05) is 29.5 Å². The molecule has 0 aromatic heterocycles. The topological polar surface area (TPSA) is 87.3 Å². The zero-order valence-corrected chi connectivity index (χ0v) is 16.3. The van der Waals surface area contributed by atoms with Crippen molar-refractivity contribution in [1.29, 1.82) is 0 Å². The molecule has 0 aliphatic heterocycles. The Morgan fingerprint density at radius 1 is 1.00 bits per heavy atom. The lowest BCUT2D eigenvalue weighted by atomic mass is 10.2. The van der Waals surface area contributed by atoms with E-state index in [2.05, 4.69) is 16.0 Å². The molecular weight excluding hydrogens is 378 g/mol. The minimum absolute atomic E-state index is 0.0101. The number of carbonyl (C=O) groups is 3. The molecule has 3 rings (SSSR count). The van der Waals surface area contributed by atoms with Crippen LogP contribution in [0, 0.1) is 11.8 Å². The van der Waals surface area contributed by atoms with Gasteiger partial charge in [0.1, 0.15) is 0 Å². The Morgan fingerprint density at radius 3 is 2.21 bits per heavy atom. The molecule has 1 aliphatic carbocycles. The van der Waals surface area contributed by atoms with E-state index >= 15 is 0 Å². The molecule has 2 aromatic rings. The molecule has 0 radical (unpaired) electrons. The monoisotopic (exact) mass is 399 g/mol. The molecule has 6 nitrogen and oxygen atoms in total. The summed E-state index contributed by atoms with van der Waals surface area (Å²) in [5.74, 6) is -0.00531. The average Bonchev–Trinajstić information content (AvgIpc) is 3.40. The number of carbonyl (C=O) groups excluding carboxylic acids is 3. The third-order valence-corrected chi connectivity index (χ3v) is 4.91. The molecule has 146 valence electrons. The highest BCUT2D eigenvalue weighted by Crippen LogP contribution is 2.37. The van der Waals surface area contributed by atoms with Gasteiger partial charge in [0.2, 0.25) is 11.8 Å². The maximum Gasteiger partial charge on any atom is 0.255 e. The van der Waals surface area contributed by atoms with Crippen LogP contribution in [0.3, 0.4) is 0 Å². The van der Waals surface area contributed by atoms with Crippen LogP contribution in [-0.2, 0) is 9.59 Å². The lowest BCUT2D eigenvalue weighted by Crippen LogP contribution is -2.29. The van der Waals surface area contributed by atoms with Crippen molar-refractivity contribution < 1.29 is 14.4 Å². The maximum atomic E-state index is 12.4. The third-order valence-electron chi connectivity index (χ3n) is 4.65. The molecule has 2 aromatic carbocycles. The van der Waals surface area contributed by atoms with Gasteiger partial charge < -0.3 is 16.0 Å². The number of benzene rings is 2. The molecule has 0 spiro atoms. The second-order valence-corrected chi connectivity index (χ2v) is 7.35. The SMILES string of the molecule is C[C@H]1C[C@@H]1C(=O)NCCC(=O)Nc1ccccc1NC(=O)c1ccc(Cl)cc1. The summed E-state index contributed by atoms with van der Waals surface area (Å²) < 4.78 is 0. The fourth-order valence-corrected chi connectivity index (χ4v) is 2.95. The summed E-state index contributed by atoms with van der Waals surface area (Å²) in [5, 5.41) is 8.90. The van der Waals surface area contributed by atoms with Crippen LogP contribution >= 0.6 is 11.6 Å². The van der Waals surface area contributed by atoms with E-state index in [1.165, 1.54) is 0 Å². The standard InChI is InChI=1S/C21H22ClN3O3/c1-13-12-16(13)21(28)23-11-10-19(26)24-17-4-2-3-5-18(17)25-20(27)14-6-8-15(22)9-7-14/h2-9,13,16H,10-12H2,1H3,(H,23,28)(H,24,26)(H,25,27)/t13-,16-/m0/s1. The van der Waals surface area contributed by atoms with E-state index in [-0.39, 0.29) is 36.6 Å². The fraction of sp³-hybridized carbons (Fsp3) is 0.286. The van der Waals surface area contributed by atoms with Gasteiger partial charge >= 0.3 is 0 Å². The van der Waals surface area contributed by atoms with Crippen molar-refractivity contribution in [1.82, 2.24) is 5.32 Å². The van der Waals surface area contributed by atoms with Crippen molar-refractivity contribution in [2.75, 3.05) is 17.2 Å². The van der Waals surface area contributed by atoms with Gasteiger partial charge in [-0.2, -0.15) is 0 Å². The van der Waals surface area contributed by atoms with Crippen molar-refractivity contribution in [3.63, 3.8) is 0 Å².